The van der Waals surface area contributed by atoms with Crippen molar-refractivity contribution in [1.82, 2.24) is 15.1 Å². The largest absolute Gasteiger partial charge is 0.355 e. The van der Waals surface area contributed by atoms with E-state index in [9.17, 15) is 14.9 Å². The van der Waals surface area contributed by atoms with E-state index in [-0.39, 0.29) is 11.6 Å². The van der Waals surface area contributed by atoms with Crippen LogP contribution in [0.5, 0.6) is 0 Å². The number of hydrogen-bond acceptors (Lipinski definition) is 4. The molecule has 0 saturated heterocycles. The van der Waals surface area contributed by atoms with E-state index in [0.29, 0.717) is 12.2 Å². The highest BCUT2D eigenvalue weighted by Crippen LogP contribution is 2.18. The first-order valence-electron chi connectivity index (χ1n) is 4.95. The number of aryl methyl sites for hydroxylation is 1. The Morgan fingerprint density at radius 1 is 1.75 bits per heavy atom. The highest BCUT2D eigenvalue weighted by atomic mass is 16.6. The topological polar surface area (TPSA) is 90.1 Å². The van der Waals surface area contributed by atoms with Gasteiger partial charge in [-0.2, -0.15) is 5.10 Å². The lowest BCUT2D eigenvalue weighted by Gasteiger charge is -2.10. The monoisotopic (exact) mass is 226 g/mol. The van der Waals surface area contributed by atoms with Gasteiger partial charge in [0.2, 0.25) is 5.91 Å². The molecule has 1 heterocycles. The Balaban J connectivity index is 2.92. The fraction of sp³-hybridized carbons (Fsp3) is 0.556. The second-order valence-corrected chi connectivity index (χ2v) is 3.41. The van der Waals surface area contributed by atoms with Gasteiger partial charge in [0, 0.05) is 6.54 Å². The first-order valence-corrected chi connectivity index (χ1v) is 4.95. The average Bonchev–Trinajstić information content (AvgIpc) is 2.59. The SMILES string of the molecule is CCNC(=O)C(C)n1cc([N+](=O)[O-])c(C)n1. The minimum Gasteiger partial charge on any atom is -0.355 e. The zero-order valence-electron chi connectivity index (χ0n) is 9.43. The fourth-order valence-electron chi connectivity index (χ4n) is 1.29. The molecular formula is C9H14N4O3. The Labute approximate surface area is 92.6 Å². The number of hydrogen-bond donors (Lipinski definition) is 1. The van der Waals surface area contributed by atoms with Gasteiger partial charge in [-0.25, -0.2) is 0 Å². The van der Waals surface area contributed by atoms with Crippen molar-refractivity contribution < 1.29 is 9.72 Å². The molecule has 1 aromatic heterocycles. The highest BCUT2D eigenvalue weighted by molar-refractivity contribution is 5.79. The summed E-state index contributed by atoms with van der Waals surface area (Å²) in [6, 6.07) is -0.549. The Kier molecular flexibility index (Phi) is 3.60. The van der Waals surface area contributed by atoms with Gasteiger partial charge in [-0.3, -0.25) is 19.6 Å². The number of nitro groups is 1. The molecule has 0 spiro atoms. The summed E-state index contributed by atoms with van der Waals surface area (Å²) in [7, 11) is 0. The first kappa shape index (κ1) is 12.2. The van der Waals surface area contributed by atoms with Crippen LogP contribution in [0.1, 0.15) is 25.6 Å². The zero-order chi connectivity index (χ0) is 12.3. The second-order valence-electron chi connectivity index (χ2n) is 3.41. The molecule has 0 aliphatic heterocycles. The maximum absolute atomic E-state index is 11.5. The van der Waals surface area contributed by atoms with Crippen molar-refractivity contribution in [2.45, 2.75) is 26.8 Å². The smallest absolute Gasteiger partial charge is 0.309 e. The van der Waals surface area contributed by atoms with Crippen LogP contribution in [0.25, 0.3) is 0 Å². The summed E-state index contributed by atoms with van der Waals surface area (Å²) in [6.45, 7) is 5.51. The van der Waals surface area contributed by atoms with Crippen LogP contribution in [-0.4, -0.2) is 27.2 Å². The summed E-state index contributed by atoms with van der Waals surface area (Å²) in [5.41, 5.74) is 0.234. The van der Waals surface area contributed by atoms with Crippen LogP contribution in [0.3, 0.4) is 0 Å². The Hall–Kier alpha value is -1.92. The molecule has 0 saturated carbocycles. The third kappa shape index (κ3) is 2.36. The lowest BCUT2D eigenvalue weighted by Crippen LogP contribution is -2.30. The number of likely N-dealkylation sites (N-methyl/N-ethyl adjacent to an activating group) is 1. The quantitative estimate of drug-likeness (QED) is 0.607. The van der Waals surface area contributed by atoms with Crippen LogP contribution >= 0.6 is 0 Å². The second kappa shape index (κ2) is 4.73. The number of carbonyl (C=O) groups excluding carboxylic acids is 1. The van der Waals surface area contributed by atoms with Gasteiger partial charge < -0.3 is 5.32 Å². The van der Waals surface area contributed by atoms with Crippen LogP contribution in [0.2, 0.25) is 0 Å². The molecule has 0 aromatic carbocycles. The summed E-state index contributed by atoms with van der Waals surface area (Å²) in [4.78, 5) is 21.6. The molecule has 7 nitrogen and oxygen atoms in total. The van der Waals surface area contributed by atoms with Gasteiger partial charge in [0.15, 0.2) is 0 Å². The Morgan fingerprint density at radius 2 is 2.38 bits per heavy atom. The van der Waals surface area contributed by atoms with E-state index in [4.69, 9.17) is 0 Å². The molecule has 1 rings (SSSR count). The summed E-state index contributed by atoms with van der Waals surface area (Å²) in [5.74, 6) is -0.208. The number of amides is 1. The zero-order valence-corrected chi connectivity index (χ0v) is 9.43. The lowest BCUT2D eigenvalue weighted by molar-refractivity contribution is -0.385. The van der Waals surface area contributed by atoms with E-state index in [1.807, 2.05) is 0 Å². The van der Waals surface area contributed by atoms with E-state index in [0.717, 1.165) is 0 Å². The first-order chi connectivity index (χ1) is 7.47. The van der Waals surface area contributed by atoms with Crippen molar-refractivity contribution in [3.63, 3.8) is 0 Å². The van der Waals surface area contributed by atoms with Crippen molar-refractivity contribution in [3.8, 4) is 0 Å². The number of rotatable bonds is 4. The van der Waals surface area contributed by atoms with Gasteiger partial charge in [0.05, 0.1) is 4.92 Å². The maximum Gasteiger partial charge on any atom is 0.309 e. The van der Waals surface area contributed by atoms with Crippen molar-refractivity contribution in [3.05, 3.63) is 22.0 Å². The van der Waals surface area contributed by atoms with Crippen LogP contribution in [-0.2, 0) is 4.79 Å². The molecule has 1 unspecified atom stereocenters. The van der Waals surface area contributed by atoms with Gasteiger partial charge in [-0.1, -0.05) is 0 Å². The van der Waals surface area contributed by atoms with Gasteiger partial charge in [0.25, 0.3) is 0 Å². The standard InChI is InChI=1S/C9H14N4O3/c1-4-10-9(14)7(3)12-5-8(13(15)16)6(2)11-12/h5,7H,4H2,1-3H3,(H,10,14). The molecule has 0 radical (unpaired) electrons. The van der Waals surface area contributed by atoms with E-state index < -0.39 is 11.0 Å². The van der Waals surface area contributed by atoms with E-state index in [1.54, 1.807) is 20.8 Å². The van der Waals surface area contributed by atoms with Gasteiger partial charge in [-0.05, 0) is 20.8 Å². The van der Waals surface area contributed by atoms with Crippen molar-refractivity contribution in [1.29, 1.82) is 0 Å². The third-order valence-corrected chi connectivity index (χ3v) is 2.21. The third-order valence-electron chi connectivity index (χ3n) is 2.21. The average molecular weight is 226 g/mol. The summed E-state index contributed by atoms with van der Waals surface area (Å²) < 4.78 is 1.30. The molecule has 0 aliphatic rings. The normalized spacial score (nSPS) is 12.2. The summed E-state index contributed by atoms with van der Waals surface area (Å²) in [5, 5.41) is 17.2. The van der Waals surface area contributed by atoms with Crippen molar-refractivity contribution >= 4 is 11.6 Å². The molecule has 0 bridgehead atoms. The Morgan fingerprint density at radius 3 is 2.81 bits per heavy atom. The maximum atomic E-state index is 11.5. The molecule has 0 aliphatic carbocycles. The van der Waals surface area contributed by atoms with Crippen molar-refractivity contribution in [2.75, 3.05) is 6.54 Å². The molecular weight excluding hydrogens is 212 g/mol. The summed E-state index contributed by atoms with van der Waals surface area (Å²) >= 11 is 0. The van der Waals surface area contributed by atoms with Crippen LogP contribution in [0.4, 0.5) is 5.69 Å². The van der Waals surface area contributed by atoms with Gasteiger partial charge in [-0.15, -0.1) is 0 Å². The van der Waals surface area contributed by atoms with Crippen LogP contribution in [0.15, 0.2) is 6.20 Å². The molecule has 1 aromatic rings. The molecule has 0 fully saturated rings. The molecule has 7 heteroatoms. The highest BCUT2D eigenvalue weighted by Gasteiger charge is 2.21. The Bertz CT molecular complexity index is 413. The molecule has 1 amide bonds. The lowest BCUT2D eigenvalue weighted by atomic mass is 10.3. The van der Waals surface area contributed by atoms with Gasteiger partial charge >= 0.3 is 5.69 Å². The fourth-order valence-corrected chi connectivity index (χ4v) is 1.29. The molecule has 88 valence electrons. The predicted octanol–water partition coefficient (Wildman–Crippen LogP) is 0.797. The minimum absolute atomic E-state index is 0.0730. The van der Waals surface area contributed by atoms with Crippen LogP contribution in [0, 0.1) is 17.0 Å². The molecule has 1 atom stereocenters. The van der Waals surface area contributed by atoms with E-state index in [2.05, 4.69) is 10.4 Å². The molecule has 16 heavy (non-hydrogen) atoms. The molecule has 1 N–H and O–H groups in total. The van der Waals surface area contributed by atoms with Gasteiger partial charge in [0.1, 0.15) is 17.9 Å². The summed E-state index contributed by atoms with van der Waals surface area (Å²) in [6.07, 6.45) is 1.27. The number of nitrogens with zero attached hydrogens (tertiary/aromatic N) is 3. The van der Waals surface area contributed by atoms with Crippen LogP contribution < -0.4 is 5.32 Å². The number of carbonyl (C=O) groups is 1. The van der Waals surface area contributed by atoms with E-state index in [1.165, 1.54) is 10.9 Å². The number of aromatic nitrogens is 2. The predicted molar refractivity (Wildman–Crippen MR) is 57.0 cm³/mol. The van der Waals surface area contributed by atoms with Crippen molar-refractivity contribution in [2.24, 2.45) is 0 Å². The van der Waals surface area contributed by atoms with E-state index >= 15 is 0 Å². The minimum atomic E-state index is -0.549. The number of nitrogens with one attached hydrogen (secondary N) is 1.